The smallest absolute Gasteiger partial charge is 0.262 e. The Morgan fingerprint density at radius 2 is 2.29 bits per heavy atom. The SMILES string of the molecule is CCc1c(Cl)nc2cc(C3CC3)ccn2c1=O. The summed E-state index contributed by atoms with van der Waals surface area (Å²) in [5.41, 5.74) is 2.45. The van der Waals surface area contributed by atoms with Crippen molar-refractivity contribution in [1.82, 2.24) is 9.38 Å². The number of rotatable bonds is 2. The van der Waals surface area contributed by atoms with E-state index in [1.807, 2.05) is 25.3 Å². The van der Waals surface area contributed by atoms with E-state index in [2.05, 4.69) is 4.98 Å². The van der Waals surface area contributed by atoms with E-state index in [4.69, 9.17) is 11.6 Å². The third-order valence-corrected chi connectivity index (χ3v) is 3.61. The lowest BCUT2D eigenvalue weighted by atomic mass is 10.1. The molecule has 2 aromatic heterocycles. The number of hydrogen-bond acceptors (Lipinski definition) is 2. The van der Waals surface area contributed by atoms with Gasteiger partial charge in [-0.15, -0.1) is 0 Å². The van der Waals surface area contributed by atoms with Crippen molar-refractivity contribution in [3.05, 3.63) is 45.0 Å². The maximum Gasteiger partial charge on any atom is 0.262 e. The molecule has 17 heavy (non-hydrogen) atoms. The van der Waals surface area contributed by atoms with Crippen LogP contribution in [-0.4, -0.2) is 9.38 Å². The van der Waals surface area contributed by atoms with Gasteiger partial charge < -0.3 is 0 Å². The highest BCUT2D eigenvalue weighted by atomic mass is 35.5. The van der Waals surface area contributed by atoms with Crippen molar-refractivity contribution >= 4 is 17.2 Å². The lowest BCUT2D eigenvalue weighted by molar-refractivity contribution is 0.957. The number of hydrogen-bond donors (Lipinski definition) is 0. The molecule has 0 spiro atoms. The molecule has 2 heterocycles. The Kier molecular flexibility index (Phi) is 2.44. The maximum absolute atomic E-state index is 12.1. The fourth-order valence-electron chi connectivity index (χ4n) is 2.13. The lowest BCUT2D eigenvalue weighted by Crippen LogP contribution is -2.19. The van der Waals surface area contributed by atoms with Crippen molar-refractivity contribution < 1.29 is 0 Å². The Morgan fingerprint density at radius 1 is 1.53 bits per heavy atom. The van der Waals surface area contributed by atoms with E-state index in [0.29, 0.717) is 28.7 Å². The zero-order valence-electron chi connectivity index (χ0n) is 9.61. The molecule has 1 aliphatic rings. The average molecular weight is 249 g/mol. The Bertz CT molecular complexity index is 644. The fourth-order valence-corrected chi connectivity index (χ4v) is 2.43. The summed E-state index contributed by atoms with van der Waals surface area (Å²) in [6.45, 7) is 1.91. The minimum Gasteiger partial charge on any atom is -0.269 e. The van der Waals surface area contributed by atoms with Crippen LogP contribution in [0.15, 0.2) is 23.1 Å². The van der Waals surface area contributed by atoms with Crippen molar-refractivity contribution in [2.75, 3.05) is 0 Å². The topological polar surface area (TPSA) is 34.4 Å². The Hall–Kier alpha value is -1.35. The zero-order chi connectivity index (χ0) is 12.0. The van der Waals surface area contributed by atoms with Gasteiger partial charge in [0.15, 0.2) is 0 Å². The molecule has 4 heteroatoms. The predicted octanol–water partition coefficient (Wildman–Crippen LogP) is 2.79. The minimum atomic E-state index is -0.0511. The molecular weight excluding hydrogens is 236 g/mol. The van der Waals surface area contributed by atoms with Crippen molar-refractivity contribution in [2.45, 2.75) is 32.1 Å². The van der Waals surface area contributed by atoms with Crippen LogP contribution in [0.3, 0.4) is 0 Å². The van der Waals surface area contributed by atoms with Gasteiger partial charge in [0.25, 0.3) is 5.56 Å². The molecule has 0 amide bonds. The summed E-state index contributed by atoms with van der Waals surface area (Å²) < 4.78 is 1.58. The van der Waals surface area contributed by atoms with Crippen molar-refractivity contribution in [2.24, 2.45) is 0 Å². The van der Waals surface area contributed by atoms with E-state index in [9.17, 15) is 4.79 Å². The van der Waals surface area contributed by atoms with Crippen LogP contribution in [0.5, 0.6) is 0 Å². The molecule has 3 rings (SSSR count). The van der Waals surface area contributed by atoms with Gasteiger partial charge in [0.05, 0.1) is 5.56 Å². The number of halogens is 1. The molecule has 1 aliphatic carbocycles. The fraction of sp³-hybridized carbons (Fsp3) is 0.385. The van der Waals surface area contributed by atoms with E-state index in [1.54, 1.807) is 4.40 Å². The number of nitrogens with zero attached hydrogens (tertiary/aromatic N) is 2. The maximum atomic E-state index is 12.1. The van der Waals surface area contributed by atoms with Crippen molar-refractivity contribution in [3.63, 3.8) is 0 Å². The van der Waals surface area contributed by atoms with E-state index in [0.717, 1.165) is 0 Å². The molecule has 0 unspecified atom stereocenters. The quantitative estimate of drug-likeness (QED) is 0.766. The van der Waals surface area contributed by atoms with Gasteiger partial charge in [-0.25, -0.2) is 4.98 Å². The first-order valence-electron chi connectivity index (χ1n) is 5.91. The summed E-state index contributed by atoms with van der Waals surface area (Å²) in [5.74, 6) is 0.654. The van der Waals surface area contributed by atoms with Gasteiger partial charge in [-0.3, -0.25) is 9.20 Å². The van der Waals surface area contributed by atoms with Crippen LogP contribution in [-0.2, 0) is 6.42 Å². The molecular formula is C13H13ClN2O. The summed E-state index contributed by atoms with van der Waals surface area (Å²) in [6, 6.07) is 3.99. The van der Waals surface area contributed by atoms with Gasteiger partial charge in [0.1, 0.15) is 10.8 Å². The van der Waals surface area contributed by atoms with E-state index in [-0.39, 0.29) is 5.56 Å². The molecule has 0 atom stereocenters. The van der Waals surface area contributed by atoms with Crippen LogP contribution in [0.25, 0.3) is 5.65 Å². The molecule has 1 saturated carbocycles. The van der Waals surface area contributed by atoms with Crippen LogP contribution in [0.2, 0.25) is 5.15 Å². The van der Waals surface area contributed by atoms with Crippen LogP contribution in [0.1, 0.15) is 36.8 Å². The van der Waals surface area contributed by atoms with Gasteiger partial charge in [-0.05, 0) is 42.9 Å². The van der Waals surface area contributed by atoms with Crippen molar-refractivity contribution in [1.29, 1.82) is 0 Å². The summed E-state index contributed by atoms with van der Waals surface area (Å²) in [6.07, 6.45) is 4.90. The molecule has 0 N–H and O–H groups in total. The van der Waals surface area contributed by atoms with Gasteiger partial charge >= 0.3 is 0 Å². The van der Waals surface area contributed by atoms with Crippen molar-refractivity contribution in [3.8, 4) is 0 Å². The third kappa shape index (κ3) is 1.75. The van der Waals surface area contributed by atoms with E-state index in [1.165, 1.54) is 18.4 Å². The molecule has 0 aliphatic heterocycles. The Labute approximate surface area is 104 Å². The lowest BCUT2D eigenvalue weighted by Gasteiger charge is -2.06. The first-order valence-corrected chi connectivity index (χ1v) is 6.29. The zero-order valence-corrected chi connectivity index (χ0v) is 10.4. The molecule has 2 aromatic rings. The normalized spacial score (nSPS) is 15.4. The molecule has 3 nitrogen and oxygen atoms in total. The standard InChI is InChI=1S/C13H13ClN2O/c1-2-10-12(14)15-11-7-9(8-3-4-8)5-6-16(11)13(10)17/h5-8H,2-4H2,1H3. The molecule has 0 bridgehead atoms. The summed E-state index contributed by atoms with van der Waals surface area (Å²) in [4.78, 5) is 16.4. The van der Waals surface area contributed by atoms with E-state index >= 15 is 0 Å². The highest BCUT2D eigenvalue weighted by Gasteiger charge is 2.24. The average Bonchev–Trinajstić information content (AvgIpc) is 3.12. The highest BCUT2D eigenvalue weighted by Crippen LogP contribution is 2.40. The molecule has 0 saturated heterocycles. The Balaban J connectivity index is 2.28. The summed E-state index contributed by atoms with van der Waals surface area (Å²) in [5, 5.41) is 0.338. The molecule has 0 aromatic carbocycles. The van der Waals surface area contributed by atoms with Crippen LogP contribution < -0.4 is 5.56 Å². The van der Waals surface area contributed by atoms with E-state index < -0.39 is 0 Å². The minimum absolute atomic E-state index is 0.0511. The van der Waals surface area contributed by atoms with Gasteiger partial charge in [0.2, 0.25) is 0 Å². The molecule has 88 valence electrons. The van der Waals surface area contributed by atoms with Crippen LogP contribution >= 0.6 is 11.6 Å². The number of fused-ring (bicyclic) bond motifs is 1. The number of pyridine rings is 1. The van der Waals surface area contributed by atoms with Gasteiger partial charge in [-0.2, -0.15) is 0 Å². The predicted molar refractivity (Wildman–Crippen MR) is 67.8 cm³/mol. The third-order valence-electron chi connectivity index (χ3n) is 3.30. The summed E-state index contributed by atoms with van der Waals surface area (Å²) in [7, 11) is 0. The molecule has 1 fully saturated rings. The van der Waals surface area contributed by atoms with Gasteiger partial charge in [0, 0.05) is 6.20 Å². The largest absolute Gasteiger partial charge is 0.269 e. The Morgan fingerprint density at radius 3 is 2.94 bits per heavy atom. The second-order valence-electron chi connectivity index (χ2n) is 4.50. The molecule has 0 radical (unpaired) electrons. The van der Waals surface area contributed by atoms with Crippen LogP contribution in [0, 0.1) is 0 Å². The first-order chi connectivity index (χ1) is 8.20. The van der Waals surface area contributed by atoms with Gasteiger partial charge in [-0.1, -0.05) is 18.5 Å². The summed E-state index contributed by atoms with van der Waals surface area (Å²) >= 11 is 6.03. The van der Waals surface area contributed by atoms with Crippen LogP contribution in [0.4, 0.5) is 0 Å². The highest BCUT2D eigenvalue weighted by molar-refractivity contribution is 6.30. The number of aromatic nitrogens is 2. The first kappa shape index (κ1) is 10.8. The second-order valence-corrected chi connectivity index (χ2v) is 4.86. The second kappa shape index (κ2) is 3.84. The monoisotopic (exact) mass is 248 g/mol.